The van der Waals surface area contributed by atoms with Crippen LogP contribution >= 0.6 is 0 Å². The molecule has 1 amide bonds. The second-order valence-electron chi connectivity index (χ2n) is 6.43. The SMILES string of the molecule is CCCCC1CCCN(C(=O)c2cccc3ccccc23)C1. The minimum absolute atomic E-state index is 0.206. The maximum absolute atomic E-state index is 13.0. The van der Waals surface area contributed by atoms with Gasteiger partial charge in [0.25, 0.3) is 5.91 Å². The molecule has 0 aliphatic carbocycles. The summed E-state index contributed by atoms with van der Waals surface area (Å²) >= 11 is 0. The predicted molar refractivity (Wildman–Crippen MR) is 92.1 cm³/mol. The van der Waals surface area contributed by atoms with Crippen LogP contribution in [0.15, 0.2) is 42.5 Å². The normalized spacial score (nSPS) is 18.6. The van der Waals surface area contributed by atoms with Crippen LogP contribution in [-0.4, -0.2) is 23.9 Å². The summed E-state index contributed by atoms with van der Waals surface area (Å²) in [6, 6.07) is 14.2. The van der Waals surface area contributed by atoms with Crippen molar-refractivity contribution in [2.45, 2.75) is 39.0 Å². The zero-order valence-corrected chi connectivity index (χ0v) is 13.4. The van der Waals surface area contributed by atoms with Crippen LogP contribution in [0.2, 0.25) is 0 Å². The minimum Gasteiger partial charge on any atom is -0.338 e. The molecule has 1 heterocycles. The number of carbonyl (C=O) groups is 1. The summed E-state index contributed by atoms with van der Waals surface area (Å²) in [5, 5.41) is 2.22. The van der Waals surface area contributed by atoms with Crippen molar-refractivity contribution in [2.75, 3.05) is 13.1 Å². The summed E-state index contributed by atoms with van der Waals surface area (Å²) in [5.74, 6) is 0.894. The number of benzene rings is 2. The molecule has 0 spiro atoms. The molecule has 2 nitrogen and oxygen atoms in total. The van der Waals surface area contributed by atoms with Crippen molar-refractivity contribution in [1.82, 2.24) is 4.90 Å². The van der Waals surface area contributed by atoms with Gasteiger partial charge in [0, 0.05) is 18.7 Å². The number of hydrogen-bond acceptors (Lipinski definition) is 1. The Kier molecular flexibility index (Phi) is 4.77. The van der Waals surface area contributed by atoms with Gasteiger partial charge in [0.15, 0.2) is 0 Å². The highest BCUT2D eigenvalue weighted by molar-refractivity contribution is 6.07. The van der Waals surface area contributed by atoms with Gasteiger partial charge in [0.1, 0.15) is 0 Å². The molecule has 0 saturated carbocycles. The number of unbranched alkanes of at least 4 members (excludes halogenated alkanes) is 1. The van der Waals surface area contributed by atoms with E-state index in [2.05, 4.69) is 30.0 Å². The molecule has 2 heteroatoms. The van der Waals surface area contributed by atoms with Crippen LogP contribution in [0.3, 0.4) is 0 Å². The van der Waals surface area contributed by atoms with Crippen molar-refractivity contribution in [3.05, 3.63) is 48.0 Å². The summed E-state index contributed by atoms with van der Waals surface area (Å²) in [6.45, 7) is 4.08. The van der Waals surface area contributed by atoms with Crippen molar-refractivity contribution >= 4 is 16.7 Å². The van der Waals surface area contributed by atoms with Gasteiger partial charge >= 0.3 is 0 Å². The van der Waals surface area contributed by atoms with Gasteiger partial charge in [-0.1, -0.05) is 56.2 Å². The second kappa shape index (κ2) is 6.95. The minimum atomic E-state index is 0.206. The fourth-order valence-electron chi connectivity index (χ4n) is 3.56. The van der Waals surface area contributed by atoms with Gasteiger partial charge in [-0.05, 0) is 42.0 Å². The van der Waals surface area contributed by atoms with E-state index >= 15 is 0 Å². The molecule has 22 heavy (non-hydrogen) atoms. The number of likely N-dealkylation sites (tertiary alicyclic amines) is 1. The van der Waals surface area contributed by atoms with Crippen molar-refractivity contribution < 1.29 is 4.79 Å². The third kappa shape index (κ3) is 3.16. The smallest absolute Gasteiger partial charge is 0.254 e. The van der Waals surface area contributed by atoms with Crippen molar-refractivity contribution in [2.24, 2.45) is 5.92 Å². The van der Waals surface area contributed by atoms with Gasteiger partial charge in [-0.3, -0.25) is 4.79 Å². The fourth-order valence-corrected chi connectivity index (χ4v) is 3.56. The standard InChI is InChI=1S/C20H25NO/c1-2-3-8-16-9-7-14-21(15-16)20(22)19-13-6-11-17-10-4-5-12-18(17)19/h4-6,10-13,16H,2-3,7-9,14-15H2,1H3. The summed E-state index contributed by atoms with van der Waals surface area (Å²) < 4.78 is 0. The van der Waals surface area contributed by atoms with Crippen molar-refractivity contribution in [1.29, 1.82) is 0 Å². The van der Waals surface area contributed by atoms with Gasteiger partial charge in [0.2, 0.25) is 0 Å². The molecule has 0 N–H and O–H groups in total. The van der Waals surface area contributed by atoms with Gasteiger partial charge < -0.3 is 4.90 Å². The summed E-state index contributed by atoms with van der Waals surface area (Å²) in [7, 11) is 0. The number of nitrogens with zero attached hydrogens (tertiary/aromatic N) is 1. The Bertz CT molecular complexity index is 644. The van der Waals surface area contributed by atoms with E-state index in [9.17, 15) is 4.79 Å². The lowest BCUT2D eigenvalue weighted by Gasteiger charge is -2.33. The molecule has 2 aromatic carbocycles. The topological polar surface area (TPSA) is 20.3 Å². The first kappa shape index (κ1) is 15.1. The first-order valence-corrected chi connectivity index (χ1v) is 8.56. The van der Waals surface area contributed by atoms with E-state index < -0.39 is 0 Å². The van der Waals surface area contributed by atoms with Crippen LogP contribution in [-0.2, 0) is 0 Å². The van der Waals surface area contributed by atoms with E-state index in [0.29, 0.717) is 5.92 Å². The Morgan fingerprint density at radius 2 is 2.00 bits per heavy atom. The number of piperidine rings is 1. The molecule has 1 unspecified atom stereocenters. The molecule has 0 aromatic heterocycles. The van der Waals surface area contributed by atoms with Crippen LogP contribution in [0.25, 0.3) is 10.8 Å². The lowest BCUT2D eigenvalue weighted by molar-refractivity contribution is 0.0669. The number of amides is 1. The molecule has 1 fully saturated rings. The zero-order valence-electron chi connectivity index (χ0n) is 13.4. The van der Waals surface area contributed by atoms with Crippen LogP contribution in [0.1, 0.15) is 49.4 Å². The van der Waals surface area contributed by atoms with E-state index in [1.807, 2.05) is 24.3 Å². The van der Waals surface area contributed by atoms with E-state index in [4.69, 9.17) is 0 Å². The van der Waals surface area contributed by atoms with Gasteiger partial charge in [-0.2, -0.15) is 0 Å². The molecule has 116 valence electrons. The quantitative estimate of drug-likeness (QED) is 0.787. The molecular formula is C20H25NO. The van der Waals surface area contributed by atoms with Gasteiger partial charge in [-0.15, -0.1) is 0 Å². The van der Waals surface area contributed by atoms with Crippen LogP contribution in [0, 0.1) is 5.92 Å². The maximum Gasteiger partial charge on any atom is 0.254 e. The predicted octanol–water partition coefficient (Wildman–Crippen LogP) is 4.88. The van der Waals surface area contributed by atoms with E-state index in [1.54, 1.807) is 0 Å². The Balaban J connectivity index is 1.80. The largest absolute Gasteiger partial charge is 0.338 e. The first-order chi connectivity index (χ1) is 10.8. The highest BCUT2D eigenvalue weighted by atomic mass is 16.2. The van der Waals surface area contributed by atoms with Crippen LogP contribution < -0.4 is 0 Å². The number of rotatable bonds is 4. The van der Waals surface area contributed by atoms with Gasteiger partial charge in [0.05, 0.1) is 0 Å². The lowest BCUT2D eigenvalue weighted by Crippen LogP contribution is -2.40. The third-order valence-electron chi connectivity index (χ3n) is 4.79. The summed E-state index contributed by atoms with van der Waals surface area (Å²) in [4.78, 5) is 15.0. The molecule has 1 aliphatic heterocycles. The Hall–Kier alpha value is -1.83. The lowest BCUT2D eigenvalue weighted by atomic mass is 9.92. The highest BCUT2D eigenvalue weighted by Gasteiger charge is 2.24. The average Bonchev–Trinajstić information content (AvgIpc) is 2.59. The molecule has 1 atom stereocenters. The Morgan fingerprint density at radius 3 is 2.86 bits per heavy atom. The molecule has 0 bridgehead atoms. The maximum atomic E-state index is 13.0. The fraction of sp³-hybridized carbons (Fsp3) is 0.450. The first-order valence-electron chi connectivity index (χ1n) is 8.56. The summed E-state index contributed by atoms with van der Waals surface area (Å²) in [5.41, 5.74) is 0.856. The summed E-state index contributed by atoms with van der Waals surface area (Å²) in [6.07, 6.45) is 6.20. The molecule has 3 rings (SSSR count). The Morgan fingerprint density at radius 1 is 1.18 bits per heavy atom. The van der Waals surface area contributed by atoms with Crippen molar-refractivity contribution in [3.63, 3.8) is 0 Å². The second-order valence-corrected chi connectivity index (χ2v) is 6.43. The number of hydrogen-bond donors (Lipinski definition) is 0. The number of fused-ring (bicyclic) bond motifs is 1. The van der Waals surface area contributed by atoms with E-state index in [0.717, 1.165) is 35.8 Å². The average molecular weight is 295 g/mol. The highest BCUT2D eigenvalue weighted by Crippen LogP contribution is 2.25. The molecule has 1 saturated heterocycles. The molecule has 2 aromatic rings. The molecular weight excluding hydrogens is 270 g/mol. The monoisotopic (exact) mass is 295 g/mol. The van der Waals surface area contributed by atoms with Crippen LogP contribution in [0.4, 0.5) is 0 Å². The Labute approximate surface area is 133 Å². The van der Waals surface area contributed by atoms with Crippen molar-refractivity contribution in [3.8, 4) is 0 Å². The molecule has 0 radical (unpaired) electrons. The van der Waals surface area contributed by atoms with E-state index in [-0.39, 0.29) is 5.91 Å². The zero-order chi connectivity index (χ0) is 15.4. The van der Waals surface area contributed by atoms with Gasteiger partial charge in [-0.25, -0.2) is 0 Å². The number of carbonyl (C=O) groups excluding carboxylic acids is 1. The van der Waals surface area contributed by atoms with Crippen LogP contribution in [0.5, 0.6) is 0 Å². The molecule has 1 aliphatic rings. The van der Waals surface area contributed by atoms with E-state index in [1.165, 1.54) is 25.7 Å². The third-order valence-corrected chi connectivity index (χ3v) is 4.79.